The molecule has 6 heteroatoms. The van der Waals surface area contributed by atoms with Gasteiger partial charge in [-0.2, -0.15) is 0 Å². The third-order valence-electron chi connectivity index (χ3n) is 2.58. The van der Waals surface area contributed by atoms with Gasteiger partial charge in [-0.1, -0.05) is 29.8 Å². The van der Waals surface area contributed by atoms with E-state index in [1.807, 2.05) is 25.1 Å². The second kappa shape index (κ2) is 6.31. The van der Waals surface area contributed by atoms with Crippen molar-refractivity contribution >= 4 is 22.6 Å². The topological polar surface area (TPSA) is 74.2 Å². The van der Waals surface area contributed by atoms with Crippen LogP contribution >= 0.6 is 0 Å². The molecule has 0 bridgehead atoms. The van der Waals surface area contributed by atoms with Crippen LogP contribution in [0.4, 0.5) is 11.4 Å². The van der Waals surface area contributed by atoms with Gasteiger partial charge in [-0.25, -0.2) is 4.21 Å². The summed E-state index contributed by atoms with van der Waals surface area (Å²) < 4.78 is 22.1. The van der Waals surface area contributed by atoms with Gasteiger partial charge in [0.15, 0.2) is 0 Å². The molecule has 1 aromatic heterocycles. The van der Waals surface area contributed by atoms with Gasteiger partial charge < -0.3 is 5.32 Å². The minimum absolute atomic E-state index is 0.496. The lowest BCUT2D eigenvalue weighted by Gasteiger charge is -2.11. The highest BCUT2D eigenvalue weighted by Crippen LogP contribution is 2.20. The molecule has 0 aliphatic carbocycles. The summed E-state index contributed by atoms with van der Waals surface area (Å²) in [5.41, 5.74) is 3.58. The molecule has 5 nitrogen and oxygen atoms in total. The van der Waals surface area contributed by atoms with Crippen LogP contribution in [0.3, 0.4) is 0 Å². The number of pyridine rings is 1. The van der Waals surface area contributed by atoms with Gasteiger partial charge in [0.05, 0.1) is 17.6 Å². The number of benzene rings is 1. The van der Waals surface area contributed by atoms with Gasteiger partial charge >= 0.3 is 0 Å². The number of rotatable bonds is 5. The van der Waals surface area contributed by atoms with Crippen molar-refractivity contribution in [2.75, 3.05) is 10.0 Å². The van der Waals surface area contributed by atoms with Crippen molar-refractivity contribution in [2.24, 2.45) is 0 Å². The zero-order valence-electron chi connectivity index (χ0n) is 10.5. The highest BCUT2D eigenvalue weighted by molar-refractivity contribution is 7.80. The summed E-state index contributed by atoms with van der Waals surface area (Å²) in [6.45, 7) is 2.68. The molecule has 2 rings (SSSR count). The smallest absolute Gasteiger partial charge is 0.259 e. The van der Waals surface area contributed by atoms with E-state index in [0.29, 0.717) is 12.2 Å². The van der Waals surface area contributed by atoms with Gasteiger partial charge in [0.1, 0.15) is 0 Å². The van der Waals surface area contributed by atoms with Gasteiger partial charge in [-0.15, -0.1) is 0 Å². The molecular formula is C13H15N3O2S. The van der Waals surface area contributed by atoms with E-state index in [4.69, 9.17) is 4.55 Å². The summed E-state index contributed by atoms with van der Waals surface area (Å²) in [6.07, 6.45) is 3.14. The molecule has 0 fully saturated rings. The molecule has 2 aromatic rings. The zero-order valence-corrected chi connectivity index (χ0v) is 11.3. The van der Waals surface area contributed by atoms with Crippen LogP contribution in [0.1, 0.15) is 11.1 Å². The predicted molar refractivity (Wildman–Crippen MR) is 77.1 cm³/mol. The Balaban J connectivity index is 2.09. The van der Waals surface area contributed by atoms with E-state index < -0.39 is 11.3 Å². The van der Waals surface area contributed by atoms with Crippen molar-refractivity contribution in [2.45, 2.75) is 13.5 Å². The number of hydrogen-bond acceptors (Lipinski definition) is 3. The Kier molecular flexibility index (Phi) is 4.48. The van der Waals surface area contributed by atoms with Crippen LogP contribution in [-0.4, -0.2) is 13.7 Å². The Morgan fingerprint density at radius 2 is 2.16 bits per heavy atom. The number of aromatic nitrogens is 1. The molecule has 1 atom stereocenters. The van der Waals surface area contributed by atoms with Gasteiger partial charge in [0, 0.05) is 12.7 Å². The standard InChI is InChI=1S/C13H15N3O2S/c1-10-3-2-4-11(7-10)8-15-12-5-6-14-9-13(12)16-19(17)18/h2-7,9,16H,8H2,1H3,(H,14,15)(H,17,18). The first-order valence-electron chi connectivity index (χ1n) is 5.76. The molecule has 19 heavy (non-hydrogen) atoms. The summed E-state index contributed by atoms with van der Waals surface area (Å²) in [5, 5.41) is 3.21. The largest absolute Gasteiger partial charge is 0.379 e. The van der Waals surface area contributed by atoms with E-state index in [2.05, 4.69) is 21.1 Å². The number of aryl methyl sites for hydroxylation is 1. The average Bonchev–Trinajstić information content (AvgIpc) is 2.37. The maximum Gasteiger partial charge on any atom is 0.259 e. The summed E-state index contributed by atoms with van der Waals surface area (Å²) in [5.74, 6) is 0. The van der Waals surface area contributed by atoms with Crippen molar-refractivity contribution in [3.63, 3.8) is 0 Å². The highest BCUT2D eigenvalue weighted by atomic mass is 32.2. The molecule has 1 unspecified atom stereocenters. The van der Waals surface area contributed by atoms with E-state index in [9.17, 15) is 4.21 Å². The van der Waals surface area contributed by atoms with Crippen LogP contribution in [0.25, 0.3) is 0 Å². The molecule has 0 saturated carbocycles. The van der Waals surface area contributed by atoms with Crippen molar-refractivity contribution in [3.8, 4) is 0 Å². The minimum Gasteiger partial charge on any atom is -0.379 e. The Hall–Kier alpha value is -1.92. The molecular weight excluding hydrogens is 262 g/mol. The first-order chi connectivity index (χ1) is 9.15. The average molecular weight is 277 g/mol. The van der Waals surface area contributed by atoms with Crippen LogP contribution < -0.4 is 10.0 Å². The van der Waals surface area contributed by atoms with Crippen LogP contribution in [-0.2, 0) is 17.8 Å². The first-order valence-corrected chi connectivity index (χ1v) is 6.87. The molecule has 1 heterocycles. The highest BCUT2D eigenvalue weighted by Gasteiger charge is 2.04. The van der Waals surface area contributed by atoms with Crippen LogP contribution in [0.2, 0.25) is 0 Å². The Bertz CT molecular complexity index is 590. The van der Waals surface area contributed by atoms with E-state index >= 15 is 0 Å². The normalized spacial score (nSPS) is 11.9. The molecule has 0 radical (unpaired) electrons. The van der Waals surface area contributed by atoms with Gasteiger partial charge in [0.2, 0.25) is 0 Å². The van der Waals surface area contributed by atoms with Crippen molar-refractivity contribution < 1.29 is 8.76 Å². The zero-order chi connectivity index (χ0) is 13.7. The lowest BCUT2D eigenvalue weighted by atomic mass is 10.1. The summed E-state index contributed by atoms with van der Waals surface area (Å²) in [6, 6.07) is 9.91. The fourth-order valence-electron chi connectivity index (χ4n) is 1.74. The predicted octanol–water partition coefficient (Wildman–Crippen LogP) is 2.55. The third kappa shape index (κ3) is 4.04. The number of nitrogens with one attached hydrogen (secondary N) is 2. The minimum atomic E-state index is -2.11. The number of anilines is 2. The Morgan fingerprint density at radius 3 is 2.89 bits per heavy atom. The number of nitrogens with zero attached hydrogens (tertiary/aromatic N) is 1. The number of hydrogen-bond donors (Lipinski definition) is 3. The lowest BCUT2D eigenvalue weighted by molar-refractivity contribution is 0.570. The van der Waals surface area contributed by atoms with Crippen LogP contribution in [0.5, 0.6) is 0 Å². The van der Waals surface area contributed by atoms with E-state index in [0.717, 1.165) is 11.3 Å². The van der Waals surface area contributed by atoms with E-state index in [1.54, 1.807) is 12.3 Å². The second-order valence-electron chi connectivity index (χ2n) is 4.12. The van der Waals surface area contributed by atoms with Crippen molar-refractivity contribution in [3.05, 3.63) is 53.9 Å². The lowest BCUT2D eigenvalue weighted by Crippen LogP contribution is -2.07. The Labute approximate surface area is 114 Å². The molecule has 0 spiro atoms. The summed E-state index contributed by atoms with van der Waals surface area (Å²) in [4.78, 5) is 3.92. The van der Waals surface area contributed by atoms with Crippen LogP contribution in [0, 0.1) is 6.92 Å². The maximum atomic E-state index is 10.8. The van der Waals surface area contributed by atoms with Crippen molar-refractivity contribution in [1.29, 1.82) is 0 Å². The summed E-state index contributed by atoms with van der Waals surface area (Å²) >= 11 is -2.11. The van der Waals surface area contributed by atoms with E-state index in [-0.39, 0.29) is 0 Å². The fraction of sp³-hybridized carbons (Fsp3) is 0.154. The molecule has 3 N–H and O–H groups in total. The molecule has 0 amide bonds. The first kappa shape index (κ1) is 13.5. The van der Waals surface area contributed by atoms with E-state index in [1.165, 1.54) is 11.8 Å². The Morgan fingerprint density at radius 1 is 1.32 bits per heavy atom. The molecule has 1 aromatic carbocycles. The second-order valence-corrected chi connectivity index (χ2v) is 4.82. The monoisotopic (exact) mass is 277 g/mol. The molecule has 0 saturated heterocycles. The van der Waals surface area contributed by atoms with Crippen molar-refractivity contribution in [1.82, 2.24) is 4.98 Å². The molecule has 0 aliphatic heterocycles. The summed E-state index contributed by atoms with van der Waals surface area (Å²) in [7, 11) is 0. The molecule has 100 valence electrons. The van der Waals surface area contributed by atoms with Gasteiger partial charge in [0.25, 0.3) is 11.3 Å². The third-order valence-corrected chi connectivity index (χ3v) is 2.98. The van der Waals surface area contributed by atoms with Crippen LogP contribution in [0.15, 0.2) is 42.7 Å². The molecule has 0 aliphatic rings. The maximum absolute atomic E-state index is 10.8. The quantitative estimate of drug-likeness (QED) is 0.734. The SMILES string of the molecule is Cc1cccc(CNc2ccncc2NS(=O)O)c1. The fourth-order valence-corrected chi connectivity index (χ4v) is 2.09. The van der Waals surface area contributed by atoms with Gasteiger partial charge in [-0.05, 0) is 18.6 Å². The van der Waals surface area contributed by atoms with Gasteiger partial charge in [-0.3, -0.25) is 14.3 Å².